The Labute approximate surface area is 91.1 Å². The minimum atomic E-state index is 0.803. The Hall–Kier alpha value is -0.0900. The van der Waals surface area contributed by atoms with Crippen LogP contribution in [0.15, 0.2) is 11.6 Å². The highest BCUT2D eigenvalue weighted by Gasteiger charge is 2.20. The van der Waals surface area contributed by atoms with Crippen LogP contribution in [0.25, 0.3) is 0 Å². The van der Waals surface area contributed by atoms with Gasteiger partial charge in [0.15, 0.2) is 5.13 Å². The molecule has 1 aliphatic heterocycles. The first kappa shape index (κ1) is 9.46. The molecule has 1 unspecified atom stereocenters. The molecule has 0 N–H and O–H groups in total. The van der Waals surface area contributed by atoms with Crippen molar-refractivity contribution in [3.05, 3.63) is 11.6 Å². The topological polar surface area (TPSA) is 16.1 Å². The standard InChI is InChI=1S/C9H13BrN2S/c10-6-8-2-1-4-12(7-8)9-11-3-5-13-9/h3,5,8H,1-2,4,6-7H2. The number of hydrogen-bond acceptors (Lipinski definition) is 3. The Morgan fingerprint density at radius 3 is 3.31 bits per heavy atom. The zero-order valence-electron chi connectivity index (χ0n) is 7.45. The minimum absolute atomic E-state index is 0.803. The van der Waals surface area contributed by atoms with E-state index in [2.05, 4.69) is 25.8 Å². The molecule has 0 amide bonds. The summed E-state index contributed by atoms with van der Waals surface area (Å²) in [5.74, 6) is 0.803. The second-order valence-corrected chi connectivity index (χ2v) is 4.94. The molecule has 1 fully saturated rings. The summed E-state index contributed by atoms with van der Waals surface area (Å²) in [4.78, 5) is 6.74. The van der Waals surface area contributed by atoms with Crippen LogP contribution >= 0.6 is 27.3 Å². The van der Waals surface area contributed by atoms with Gasteiger partial charge in [0.2, 0.25) is 0 Å². The molecular weight excluding hydrogens is 248 g/mol. The molecule has 0 spiro atoms. The van der Waals surface area contributed by atoms with Gasteiger partial charge < -0.3 is 4.90 Å². The van der Waals surface area contributed by atoms with Crippen molar-refractivity contribution in [3.63, 3.8) is 0 Å². The van der Waals surface area contributed by atoms with Crippen LogP contribution in [0, 0.1) is 5.92 Å². The lowest BCUT2D eigenvalue weighted by molar-refractivity contribution is 0.455. The van der Waals surface area contributed by atoms with Crippen molar-refractivity contribution in [2.45, 2.75) is 12.8 Å². The van der Waals surface area contributed by atoms with E-state index in [9.17, 15) is 0 Å². The molecule has 13 heavy (non-hydrogen) atoms. The van der Waals surface area contributed by atoms with Crippen LogP contribution in [0.3, 0.4) is 0 Å². The molecule has 0 saturated carbocycles. The molecule has 1 atom stereocenters. The number of anilines is 1. The normalized spacial score (nSPS) is 23.5. The van der Waals surface area contributed by atoms with Gasteiger partial charge in [-0.1, -0.05) is 15.9 Å². The fourth-order valence-corrected chi connectivity index (χ4v) is 2.95. The number of piperidine rings is 1. The van der Waals surface area contributed by atoms with Crippen molar-refractivity contribution < 1.29 is 0 Å². The molecular formula is C9H13BrN2S. The van der Waals surface area contributed by atoms with Gasteiger partial charge in [-0.15, -0.1) is 11.3 Å². The van der Waals surface area contributed by atoms with E-state index in [1.165, 1.54) is 31.1 Å². The summed E-state index contributed by atoms with van der Waals surface area (Å²) in [6.07, 6.45) is 4.54. The van der Waals surface area contributed by atoms with E-state index >= 15 is 0 Å². The van der Waals surface area contributed by atoms with Crippen LogP contribution in [0.1, 0.15) is 12.8 Å². The molecule has 2 heterocycles. The number of rotatable bonds is 2. The lowest BCUT2D eigenvalue weighted by Crippen LogP contribution is -2.35. The van der Waals surface area contributed by atoms with E-state index in [0.29, 0.717) is 0 Å². The summed E-state index contributed by atoms with van der Waals surface area (Å²) in [5, 5.41) is 4.35. The summed E-state index contributed by atoms with van der Waals surface area (Å²) < 4.78 is 0. The fourth-order valence-electron chi connectivity index (χ4n) is 1.74. The van der Waals surface area contributed by atoms with Crippen LogP contribution in [-0.2, 0) is 0 Å². The zero-order chi connectivity index (χ0) is 9.10. The van der Waals surface area contributed by atoms with Crippen molar-refractivity contribution in [2.75, 3.05) is 23.3 Å². The first-order valence-corrected chi connectivity index (χ1v) is 6.60. The zero-order valence-corrected chi connectivity index (χ0v) is 9.85. The van der Waals surface area contributed by atoms with E-state index in [4.69, 9.17) is 0 Å². The number of alkyl halides is 1. The predicted octanol–water partition coefficient (Wildman–Crippen LogP) is 2.75. The highest BCUT2D eigenvalue weighted by molar-refractivity contribution is 9.09. The van der Waals surface area contributed by atoms with Crippen molar-refractivity contribution in [2.24, 2.45) is 5.92 Å². The number of halogens is 1. The van der Waals surface area contributed by atoms with Gasteiger partial charge in [0.1, 0.15) is 0 Å². The lowest BCUT2D eigenvalue weighted by Gasteiger charge is -2.31. The largest absolute Gasteiger partial charge is 0.348 e. The van der Waals surface area contributed by atoms with E-state index in [-0.39, 0.29) is 0 Å². The summed E-state index contributed by atoms with van der Waals surface area (Å²) in [7, 11) is 0. The number of nitrogens with zero attached hydrogens (tertiary/aromatic N) is 2. The maximum atomic E-state index is 4.34. The van der Waals surface area contributed by atoms with Crippen molar-refractivity contribution in [1.82, 2.24) is 4.98 Å². The van der Waals surface area contributed by atoms with Crippen LogP contribution in [0.2, 0.25) is 0 Å². The van der Waals surface area contributed by atoms with Gasteiger partial charge in [0, 0.05) is 30.0 Å². The third-order valence-corrected chi connectivity index (χ3v) is 4.17. The maximum Gasteiger partial charge on any atom is 0.185 e. The molecule has 72 valence electrons. The third-order valence-electron chi connectivity index (χ3n) is 2.43. The lowest BCUT2D eigenvalue weighted by atomic mass is 10.0. The molecule has 4 heteroatoms. The van der Waals surface area contributed by atoms with E-state index in [1.54, 1.807) is 11.3 Å². The molecule has 1 aliphatic rings. The van der Waals surface area contributed by atoms with Crippen molar-refractivity contribution in [3.8, 4) is 0 Å². The second kappa shape index (κ2) is 4.42. The molecule has 0 bridgehead atoms. The molecule has 2 rings (SSSR count). The minimum Gasteiger partial charge on any atom is -0.348 e. The van der Waals surface area contributed by atoms with Gasteiger partial charge in [0.05, 0.1) is 0 Å². The summed E-state index contributed by atoms with van der Waals surface area (Å²) in [6, 6.07) is 0. The first-order valence-electron chi connectivity index (χ1n) is 4.60. The summed E-state index contributed by atoms with van der Waals surface area (Å²) >= 11 is 5.30. The van der Waals surface area contributed by atoms with E-state index < -0.39 is 0 Å². The maximum absolute atomic E-state index is 4.34. The van der Waals surface area contributed by atoms with Gasteiger partial charge >= 0.3 is 0 Å². The van der Waals surface area contributed by atoms with Crippen LogP contribution < -0.4 is 4.90 Å². The smallest absolute Gasteiger partial charge is 0.185 e. The molecule has 0 aromatic carbocycles. The van der Waals surface area contributed by atoms with Gasteiger partial charge in [-0.2, -0.15) is 0 Å². The predicted molar refractivity (Wildman–Crippen MR) is 60.8 cm³/mol. The van der Waals surface area contributed by atoms with Gasteiger partial charge in [0.25, 0.3) is 0 Å². The van der Waals surface area contributed by atoms with Gasteiger partial charge in [-0.3, -0.25) is 0 Å². The quantitative estimate of drug-likeness (QED) is 0.761. The van der Waals surface area contributed by atoms with Gasteiger partial charge in [-0.05, 0) is 18.8 Å². The Bertz CT molecular complexity index is 250. The van der Waals surface area contributed by atoms with E-state index in [0.717, 1.165) is 11.2 Å². The highest BCUT2D eigenvalue weighted by atomic mass is 79.9. The molecule has 0 radical (unpaired) electrons. The second-order valence-electron chi connectivity index (χ2n) is 3.42. The van der Waals surface area contributed by atoms with Crippen molar-refractivity contribution in [1.29, 1.82) is 0 Å². The van der Waals surface area contributed by atoms with Crippen LogP contribution in [0.5, 0.6) is 0 Å². The molecule has 2 nitrogen and oxygen atoms in total. The molecule has 0 aliphatic carbocycles. The van der Waals surface area contributed by atoms with E-state index in [1.807, 2.05) is 11.6 Å². The first-order chi connectivity index (χ1) is 6.40. The number of aromatic nitrogens is 1. The SMILES string of the molecule is BrCC1CCCN(c2nccs2)C1. The van der Waals surface area contributed by atoms with Crippen LogP contribution in [-0.4, -0.2) is 23.4 Å². The Balaban J connectivity index is 2.00. The van der Waals surface area contributed by atoms with Crippen molar-refractivity contribution >= 4 is 32.4 Å². The third kappa shape index (κ3) is 2.23. The summed E-state index contributed by atoms with van der Waals surface area (Å²) in [5.41, 5.74) is 0. The monoisotopic (exact) mass is 260 g/mol. The molecule has 1 aromatic heterocycles. The Kier molecular flexibility index (Phi) is 3.22. The van der Waals surface area contributed by atoms with Gasteiger partial charge in [-0.25, -0.2) is 4.98 Å². The summed E-state index contributed by atoms with van der Waals surface area (Å²) in [6.45, 7) is 2.34. The average Bonchev–Trinajstić information content (AvgIpc) is 2.71. The molecule has 1 saturated heterocycles. The Morgan fingerprint density at radius 1 is 1.69 bits per heavy atom. The number of thiazole rings is 1. The highest BCUT2D eigenvalue weighted by Crippen LogP contribution is 2.25. The average molecular weight is 261 g/mol. The molecule has 1 aromatic rings. The fraction of sp³-hybridized carbons (Fsp3) is 0.667. The van der Waals surface area contributed by atoms with Crippen LogP contribution in [0.4, 0.5) is 5.13 Å². The Morgan fingerprint density at radius 2 is 2.62 bits per heavy atom. The number of hydrogen-bond donors (Lipinski definition) is 0.